The van der Waals surface area contributed by atoms with Crippen LogP contribution in [0.2, 0.25) is 0 Å². The summed E-state index contributed by atoms with van der Waals surface area (Å²) in [5.74, 6) is -0.439. The molecule has 0 unspecified atom stereocenters. The third kappa shape index (κ3) is 2.69. The zero-order valence-electron chi connectivity index (χ0n) is 11.9. The van der Waals surface area contributed by atoms with Gasteiger partial charge in [0.05, 0.1) is 25.3 Å². The average Bonchev–Trinajstić information content (AvgIpc) is 3.02. The number of hydrogen-bond acceptors (Lipinski definition) is 4. The number of esters is 1. The number of ether oxygens (including phenoxy) is 2. The van der Waals surface area contributed by atoms with Gasteiger partial charge in [-0.1, -0.05) is 6.07 Å². The second kappa shape index (κ2) is 5.69. The van der Waals surface area contributed by atoms with Crippen LogP contribution in [0.25, 0.3) is 10.8 Å². The molecule has 1 aromatic heterocycles. The van der Waals surface area contributed by atoms with Crippen molar-refractivity contribution in [2.24, 2.45) is 0 Å². The number of carbonyl (C=O) groups excluding carboxylic acids is 1. The van der Waals surface area contributed by atoms with E-state index in [4.69, 9.17) is 9.47 Å². The van der Waals surface area contributed by atoms with Crippen molar-refractivity contribution in [3.05, 3.63) is 46.4 Å². The highest BCUT2D eigenvalue weighted by Gasteiger charge is 2.17. The number of hydrogen-bond donors (Lipinski definition) is 0. The predicted molar refractivity (Wildman–Crippen MR) is 78.5 cm³/mol. The molecule has 0 spiro atoms. The summed E-state index contributed by atoms with van der Waals surface area (Å²) in [4.78, 5) is 24.1. The summed E-state index contributed by atoms with van der Waals surface area (Å²) >= 11 is 0. The summed E-state index contributed by atoms with van der Waals surface area (Å²) in [5.41, 5.74) is 0.283. The Hall–Kier alpha value is -2.14. The number of methoxy groups -OCH3 is 1. The molecule has 5 nitrogen and oxygen atoms in total. The smallest absolute Gasteiger partial charge is 0.337 e. The Morgan fingerprint density at radius 2 is 2.29 bits per heavy atom. The van der Waals surface area contributed by atoms with Crippen LogP contribution in [0, 0.1) is 0 Å². The van der Waals surface area contributed by atoms with Crippen LogP contribution in [0.1, 0.15) is 23.2 Å². The molecule has 110 valence electrons. The Morgan fingerprint density at radius 1 is 1.43 bits per heavy atom. The maximum Gasteiger partial charge on any atom is 0.337 e. The summed E-state index contributed by atoms with van der Waals surface area (Å²) < 4.78 is 11.9. The topological polar surface area (TPSA) is 57.5 Å². The molecule has 21 heavy (non-hydrogen) atoms. The van der Waals surface area contributed by atoms with Crippen molar-refractivity contribution in [1.29, 1.82) is 0 Å². The molecule has 3 rings (SSSR count). The van der Waals surface area contributed by atoms with Crippen LogP contribution in [-0.4, -0.2) is 30.4 Å². The Kier molecular flexibility index (Phi) is 3.75. The highest BCUT2D eigenvalue weighted by Crippen LogP contribution is 2.16. The number of rotatable bonds is 3. The van der Waals surface area contributed by atoms with Gasteiger partial charge in [-0.15, -0.1) is 0 Å². The van der Waals surface area contributed by atoms with Crippen LogP contribution >= 0.6 is 0 Å². The van der Waals surface area contributed by atoms with Crippen molar-refractivity contribution in [3.8, 4) is 0 Å². The molecule has 2 aromatic rings. The van der Waals surface area contributed by atoms with Crippen LogP contribution in [0.3, 0.4) is 0 Å². The van der Waals surface area contributed by atoms with Gasteiger partial charge in [0.2, 0.25) is 0 Å². The maximum absolute atomic E-state index is 12.5. The average molecular weight is 287 g/mol. The van der Waals surface area contributed by atoms with Crippen LogP contribution in [0.15, 0.2) is 35.3 Å². The lowest BCUT2D eigenvalue weighted by Crippen LogP contribution is -2.26. The lowest BCUT2D eigenvalue weighted by atomic mass is 10.1. The van der Waals surface area contributed by atoms with Crippen LogP contribution in [0.4, 0.5) is 0 Å². The molecule has 2 heterocycles. The quantitative estimate of drug-likeness (QED) is 0.810. The summed E-state index contributed by atoms with van der Waals surface area (Å²) in [6, 6.07) is 6.90. The van der Waals surface area contributed by atoms with E-state index < -0.39 is 5.97 Å². The SMILES string of the molecule is COC(=O)c1ccc2ccn(C[C@@H]3CCCO3)c(=O)c2c1. The van der Waals surface area contributed by atoms with Gasteiger partial charge >= 0.3 is 5.97 Å². The summed E-state index contributed by atoms with van der Waals surface area (Å²) in [6.07, 6.45) is 3.90. The van der Waals surface area contributed by atoms with Gasteiger partial charge < -0.3 is 14.0 Å². The van der Waals surface area contributed by atoms with E-state index in [2.05, 4.69) is 0 Å². The number of carbonyl (C=O) groups is 1. The molecule has 5 heteroatoms. The second-order valence-electron chi connectivity index (χ2n) is 5.20. The summed E-state index contributed by atoms with van der Waals surface area (Å²) in [7, 11) is 1.33. The van der Waals surface area contributed by atoms with Gasteiger partial charge in [-0.05, 0) is 36.4 Å². The zero-order chi connectivity index (χ0) is 14.8. The highest BCUT2D eigenvalue weighted by molar-refractivity contribution is 5.95. The Morgan fingerprint density at radius 3 is 3.00 bits per heavy atom. The molecule has 0 aliphatic carbocycles. The molecular weight excluding hydrogens is 270 g/mol. The highest BCUT2D eigenvalue weighted by atomic mass is 16.5. The maximum atomic E-state index is 12.5. The van der Waals surface area contributed by atoms with E-state index in [9.17, 15) is 9.59 Å². The Labute approximate surface area is 122 Å². The van der Waals surface area contributed by atoms with Crippen LogP contribution < -0.4 is 5.56 Å². The van der Waals surface area contributed by atoms with E-state index in [0.29, 0.717) is 17.5 Å². The molecular formula is C16H17NO4. The molecule has 0 saturated carbocycles. The number of pyridine rings is 1. The number of nitrogens with zero attached hydrogens (tertiary/aromatic N) is 1. The second-order valence-corrected chi connectivity index (χ2v) is 5.20. The number of fused-ring (bicyclic) bond motifs is 1. The predicted octanol–water partition coefficient (Wildman–Crippen LogP) is 1.97. The fourth-order valence-corrected chi connectivity index (χ4v) is 2.68. The van der Waals surface area contributed by atoms with Crippen LogP contribution in [-0.2, 0) is 16.0 Å². The van der Waals surface area contributed by atoms with E-state index in [1.54, 1.807) is 29.0 Å². The molecule has 1 atom stereocenters. The summed E-state index contributed by atoms with van der Waals surface area (Å²) in [5, 5.41) is 1.34. The molecule has 0 bridgehead atoms. The van der Waals surface area contributed by atoms with Crippen molar-refractivity contribution in [2.75, 3.05) is 13.7 Å². The first-order valence-electron chi connectivity index (χ1n) is 7.02. The van der Waals surface area contributed by atoms with Crippen molar-refractivity contribution in [3.63, 3.8) is 0 Å². The van der Waals surface area contributed by atoms with Gasteiger partial charge in [-0.2, -0.15) is 0 Å². The molecule has 1 fully saturated rings. The van der Waals surface area contributed by atoms with Gasteiger partial charge in [0.15, 0.2) is 0 Å². The lowest BCUT2D eigenvalue weighted by Gasteiger charge is -2.12. The van der Waals surface area contributed by atoms with Gasteiger partial charge in [-0.3, -0.25) is 4.79 Å². The van der Waals surface area contributed by atoms with Crippen molar-refractivity contribution >= 4 is 16.7 Å². The standard InChI is InChI=1S/C16H17NO4/c1-20-16(19)12-5-4-11-6-7-17(15(18)14(11)9-12)10-13-3-2-8-21-13/h4-7,9,13H,2-3,8,10H2,1H3/t13-/m0/s1. The summed E-state index contributed by atoms with van der Waals surface area (Å²) in [6.45, 7) is 1.32. The monoisotopic (exact) mass is 287 g/mol. The fourth-order valence-electron chi connectivity index (χ4n) is 2.68. The normalized spacial score (nSPS) is 18.0. The fraction of sp³-hybridized carbons (Fsp3) is 0.375. The first-order chi connectivity index (χ1) is 10.2. The zero-order valence-corrected chi connectivity index (χ0v) is 11.9. The third-order valence-corrected chi connectivity index (χ3v) is 3.82. The van der Waals surface area contributed by atoms with Crippen molar-refractivity contribution < 1.29 is 14.3 Å². The molecule has 1 saturated heterocycles. The van der Waals surface area contributed by atoms with E-state index >= 15 is 0 Å². The molecule has 0 N–H and O–H groups in total. The van der Waals surface area contributed by atoms with Gasteiger partial charge in [0, 0.05) is 18.2 Å². The lowest BCUT2D eigenvalue weighted by molar-refractivity contribution is 0.0601. The minimum Gasteiger partial charge on any atom is -0.465 e. The third-order valence-electron chi connectivity index (χ3n) is 3.82. The Balaban J connectivity index is 2.01. The van der Waals surface area contributed by atoms with Crippen LogP contribution in [0.5, 0.6) is 0 Å². The number of aromatic nitrogens is 1. The van der Waals surface area contributed by atoms with Crippen molar-refractivity contribution in [2.45, 2.75) is 25.5 Å². The Bertz CT molecular complexity index is 729. The van der Waals surface area contributed by atoms with Gasteiger partial charge in [0.25, 0.3) is 5.56 Å². The van der Waals surface area contributed by atoms with Crippen molar-refractivity contribution in [1.82, 2.24) is 4.57 Å². The molecule has 0 amide bonds. The van der Waals surface area contributed by atoms with E-state index in [1.165, 1.54) is 7.11 Å². The van der Waals surface area contributed by atoms with E-state index in [-0.39, 0.29) is 11.7 Å². The first-order valence-corrected chi connectivity index (χ1v) is 7.02. The van der Waals surface area contributed by atoms with E-state index in [0.717, 1.165) is 24.8 Å². The molecule has 1 aliphatic rings. The molecule has 1 aromatic carbocycles. The minimum absolute atomic E-state index is 0.101. The van der Waals surface area contributed by atoms with Gasteiger partial charge in [-0.25, -0.2) is 4.79 Å². The largest absolute Gasteiger partial charge is 0.465 e. The van der Waals surface area contributed by atoms with E-state index in [1.807, 2.05) is 6.07 Å². The van der Waals surface area contributed by atoms with Gasteiger partial charge in [0.1, 0.15) is 0 Å². The number of benzene rings is 1. The first kappa shape index (κ1) is 13.8. The molecule has 1 aliphatic heterocycles. The molecule has 0 radical (unpaired) electrons. The minimum atomic E-state index is -0.439.